The number of rotatable bonds is 6. The van der Waals surface area contributed by atoms with E-state index >= 15 is 0 Å². The molecule has 0 saturated heterocycles. The zero-order valence-corrected chi connectivity index (χ0v) is 10.5. The Morgan fingerprint density at radius 2 is 1.88 bits per heavy atom. The van der Waals surface area contributed by atoms with Crippen LogP contribution in [0, 0.1) is 0 Å². The summed E-state index contributed by atoms with van der Waals surface area (Å²) in [5, 5.41) is 12.9. The summed E-state index contributed by atoms with van der Waals surface area (Å²) in [6, 6.07) is 10.5. The lowest BCUT2D eigenvalue weighted by atomic mass is 9.98. The molecule has 0 aliphatic heterocycles. The molecule has 0 bridgehead atoms. The fourth-order valence-electron chi connectivity index (χ4n) is 1.50. The molecule has 0 aliphatic carbocycles. The van der Waals surface area contributed by atoms with Gasteiger partial charge in [0.2, 0.25) is 0 Å². The van der Waals surface area contributed by atoms with Crippen LogP contribution in [0.5, 0.6) is 0 Å². The number of hydrogen-bond donors (Lipinski definition) is 2. The molecule has 0 spiro atoms. The van der Waals surface area contributed by atoms with E-state index in [0.717, 1.165) is 19.4 Å². The van der Waals surface area contributed by atoms with Crippen molar-refractivity contribution in [2.75, 3.05) is 6.54 Å². The van der Waals surface area contributed by atoms with Crippen molar-refractivity contribution in [2.24, 2.45) is 0 Å². The molecule has 0 aromatic heterocycles. The van der Waals surface area contributed by atoms with Crippen molar-refractivity contribution in [3.8, 4) is 0 Å². The van der Waals surface area contributed by atoms with Gasteiger partial charge >= 0.3 is 0 Å². The van der Waals surface area contributed by atoms with E-state index in [1.165, 1.54) is 5.56 Å². The largest absolute Gasteiger partial charge is 0.392 e. The summed E-state index contributed by atoms with van der Waals surface area (Å²) < 4.78 is 0. The Morgan fingerprint density at radius 1 is 1.25 bits per heavy atom. The highest BCUT2D eigenvalue weighted by Crippen LogP contribution is 2.08. The molecule has 0 heterocycles. The highest BCUT2D eigenvalue weighted by Gasteiger charge is 2.22. The quantitative estimate of drug-likeness (QED) is 0.723. The van der Waals surface area contributed by atoms with Crippen LogP contribution < -0.4 is 5.32 Å². The average Bonchev–Trinajstić information content (AvgIpc) is 2.26. The first-order valence-corrected chi connectivity index (χ1v) is 5.99. The lowest BCUT2D eigenvalue weighted by Gasteiger charge is -2.29. The van der Waals surface area contributed by atoms with Gasteiger partial charge < -0.3 is 10.4 Å². The lowest BCUT2D eigenvalue weighted by Crippen LogP contribution is -2.48. The first-order chi connectivity index (χ1) is 7.52. The molecular weight excluding hydrogens is 198 g/mol. The predicted octanol–water partition coefficient (Wildman–Crippen LogP) is 2.37. The molecule has 0 saturated carbocycles. The van der Waals surface area contributed by atoms with Crippen molar-refractivity contribution >= 4 is 0 Å². The van der Waals surface area contributed by atoms with E-state index in [9.17, 15) is 5.11 Å². The molecule has 2 nitrogen and oxygen atoms in total. The second-order valence-corrected chi connectivity index (χ2v) is 4.91. The van der Waals surface area contributed by atoms with Crippen molar-refractivity contribution in [2.45, 2.75) is 45.3 Å². The third kappa shape index (κ3) is 4.33. The molecule has 1 aromatic rings. The number of aryl methyl sites for hydroxylation is 1. The van der Waals surface area contributed by atoms with Gasteiger partial charge in [-0.15, -0.1) is 0 Å². The van der Waals surface area contributed by atoms with Crippen molar-refractivity contribution in [3.63, 3.8) is 0 Å². The van der Waals surface area contributed by atoms with Crippen LogP contribution in [0.15, 0.2) is 30.3 Å². The molecule has 16 heavy (non-hydrogen) atoms. The molecule has 0 fully saturated rings. The minimum atomic E-state index is -0.329. The van der Waals surface area contributed by atoms with Crippen LogP contribution in [0.1, 0.15) is 32.8 Å². The second-order valence-electron chi connectivity index (χ2n) is 4.91. The Kier molecular flexibility index (Phi) is 4.97. The minimum Gasteiger partial charge on any atom is -0.392 e. The molecule has 1 rings (SSSR count). The smallest absolute Gasteiger partial charge is 0.0688 e. The zero-order chi connectivity index (χ0) is 12.0. The highest BCUT2D eigenvalue weighted by molar-refractivity contribution is 5.14. The predicted molar refractivity (Wildman–Crippen MR) is 68.5 cm³/mol. The summed E-state index contributed by atoms with van der Waals surface area (Å²) in [6.45, 7) is 6.82. The molecular formula is C14H23NO. The highest BCUT2D eigenvalue weighted by atomic mass is 16.3. The van der Waals surface area contributed by atoms with E-state index < -0.39 is 0 Å². The van der Waals surface area contributed by atoms with E-state index in [-0.39, 0.29) is 11.6 Å². The van der Waals surface area contributed by atoms with Gasteiger partial charge in [-0.3, -0.25) is 0 Å². The standard InChI is InChI=1S/C14H23NO/c1-12(16)14(2,3)15-11-7-10-13-8-5-4-6-9-13/h4-6,8-9,12,15-16H,7,10-11H2,1-3H3. The van der Waals surface area contributed by atoms with E-state index in [2.05, 4.69) is 29.6 Å². The van der Waals surface area contributed by atoms with Gasteiger partial charge in [-0.1, -0.05) is 30.3 Å². The first-order valence-electron chi connectivity index (χ1n) is 5.99. The topological polar surface area (TPSA) is 32.3 Å². The van der Waals surface area contributed by atoms with Crippen LogP contribution in [0.3, 0.4) is 0 Å². The molecule has 2 heteroatoms. The van der Waals surface area contributed by atoms with Crippen molar-refractivity contribution in [3.05, 3.63) is 35.9 Å². The summed E-state index contributed by atoms with van der Waals surface area (Å²) >= 11 is 0. The van der Waals surface area contributed by atoms with Gasteiger partial charge in [0, 0.05) is 5.54 Å². The molecule has 0 amide bonds. The van der Waals surface area contributed by atoms with E-state index in [1.54, 1.807) is 0 Å². The third-order valence-corrected chi connectivity index (χ3v) is 3.11. The maximum Gasteiger partial charge on any atom is 0.0688 e. The zero-order valence-electron chi connectivity index (χ0n) is 10.5. The van der Waals surface area contributed by atoms with Crippen LogP contribution in [0.4, 0.5) is 0 Å². The normalized spacial score (nSPS) is 13.8. The molecule has 90 valence electrons. The van der Waals surface area contributed by atoms with E-state index in [1.807, 2.05) is 26.8 Å². The lowest BCUT2D eigenvalue weighted by molar-refractivity contribution is 0.0968. The molecule has 2 N–H and O–H groups in total. The summed E-state index contributed by atoms with van der Waals surface area (Å²) in [5.41, 5.74) is 1.18. The minimum absolute atomic E-state index is 0.198. The number of nitrogens with one attached hydrogen (secondary N) is 1. The number of hydrogen-bond acceptors (Lipinski definition) is 2. The molecule has 0 radical (unpaired) electrons. The van der Waals surface area contributed by atoms with Crippen LogP contribution in [-0.4, -0.2) is 23.3 Å². The third-order valence-electron chi connectivity index (χ3n) is 3.11. The Labute approximate surface area is 98.7 Å². The second kappa shape index (κ2) is 6.02. The van der Waals surface area contributed by atoms with Crippen LogP contribution in [0.25, 0.3) is 0 Å². The van der Waals surface area contributed by atoms with Gasteiger partial charge in [0.05, 0.1) is 6.10 Å². The molecule has 1 unspecified atom stereocenters. The summed E-state index contributed by atoms with van der Waals surface area (Å²) in [7, 11) is 0. The molecule has 0 aliphatic rings. The first kappa shape index (κ1) is 13.2. The van der Waals surface area contributed by atoms with Gasteiger partial charge in [0.15, 0.2) is 0 Å². The van der Waals surface area contributed by atoms with Gasteiger partial charge in [-0.05, 0) is 45.7 Å². The Morgan fingerprint density at radius 3 is 2.44 bits per heavy atom. The average molecular weight is 221 g/mol. The van der Waals surface area contributed by atoms with Crippen molar-refractivity contribution in [1.29, 1.82) is 0 Å². The number of aliphatic hydroxyl groups is 1. The van der Waals surface area contributed by atoms with E-state index in [0.29, 0.717) is 0 Å². The van der Waals surface area contributed by atoms with Gasteiger partial charge in [-0.2, -0.15) is 0 Å². The fourth-order valence-corrected chi connectivity index (χ4v) is 1.50. The van der Waals surface area contributed by atoms with Crippen LogP contribution >= 0.6 is 0 Å². The van der Waals surface area contributed by atoms with Crippen molar-refractivity contribution in [1.82, 2.24) is 5.32 Å². The Bertz CT molecular complexity index is 293. The maximum absolute atomic E-state index is 9.53. The number of aliphatic hydroxyl groups excluding tert-OH is 1. The Balaban J connectivity index is 2.22. The summed E-state index contributed by atoms with van der Waals surface area (Å²) in [5.74, 6) is 0. The Hall–Kier alpha value is -0.860. The monoisotopic (exact) mass is 221 g/mol. The molecule has 1 aromatic carbocycles. The van der Waals surface area contributed by atoms with Crippen LogP contribution in [0.2, 0.25) is 0 Å². The number of benzene rings is 1. The maximum atomic E-state index is 9.53. The fraction of sp³-hybridized carbons (Fsp3) is 0.571. The van der Waals surface area contributed by atoms with Gasteiger partial charge in [0.25, 0.3) is 0 Å². The SMILES string of the molecule is CC(O)C(C)(C)NCCCc1ccccc1. The van der Waals surface area contributed by atoms with Gasteiger partial charge in [-0.25, -0.2) is 0 Å². The summed E-state index contributed by atoms with van der Waals surface area (Å²) in [6.07, 6.45) is 1.85. The van der Waals surface area contributed by atoms with Crippen LogP contribution in [-0.2, 0) is 6.42 Å². The summed E-state index contributed by atoms with van der Waals surface area (Å²) in [4.78, 5) is 0. The van der Waals surface area contributed by atoms with Crippen molar-refractivity contribution < 1.29 is 5.11 Å². The van der Waals surface area contributed by atoms with Gasteiger partial charge in [0.1, 0.15) is 0 Å². The van der Waals surface area contributed by atoms with E-state index in [4.69, 9.17) is 0 Å². The molecule has 1 atom stereocenters.